The molecule has 0 saturated carbocycles. The van der Waals surface area contributed by atoms with Gasteiger partial charge in [0.1, 0.15) is 11.4 Å². The number of ether oxygens (including phenoxy) is 2. The molecule has 206 valence electrons. The van der Waals surface area contributed by atoms with E-state index in [9.17, 15) is 13.2 Å². The number of hydrogen-bond acceptors (Lipinski definition) is 8. The van der Waals surface area contributed by atoms with E-state index in [4.69, 9.17) is 13.1 Å². The molecule has 0 aromatic heterocycles. The Kier molecular flexibility index (Phi) is 8.70. The van der Waals surface area contributed by atoms with E-state index in [1.54, 1.807) is 45.0 Å². The van der Waals surface area contributed by atoms with Crippen molar-refractivity contribution < 1.29 is 26.3 Å². The van der Waals surface area contributed by atoms with Gasteiger partial charge in [0.05, 0.1) is 6.26 Å². The van der Waals surface area contributed by atoms with Crippen LogP contribution in [0.15, 0.2) is 87.5 Å². The topological polar surface area (TPSA) is 85.4 Å². The minimum atomic E-state index is -3.92. The van der Waals surface area contributed by atoms with Crippen molar-refractivity contribution >= 4 is 38.0 Å². The number of benzene rings is 3. The summed E-state index contributed by atoms with van der Waals surface area (Å²) in [6.45, 7) is 5.25. The van der Waals surface area contributed by atoms with Gasteiger partial charge >= 0.3 is 6.16 Å². The van der Waals surface area contributed by atoms with Gasteiger partial charge in [0.2, 0.25) is 0 Å². The van der Waals surface area contributed by atoms with Crippen LogP contribution in [0.25, 0.3) is 0 Å². The summed E-state index contributed by atoms with van der Waals surface area (Å²) in [6, 6.07) is 21.9. The summed E-state index contributed by atoms with van der Waals surface area (Å²) >= 11 is 0. The van der Waals surface area contributed by atoms with Crippen molar-refractivity contribution in [2.75, 3.05) is 44.2 Å². The number of anilines is 2. The van der Waals surface area contributed by atoms with Crippen LogP contribution in [-0.2, 0) is 18.5 Å². The van der Waals surface area contributed by atoms with Crippen molar-refractivity contribution in [1.29, 1.82) is 0 Å². The molecule has 8 nitrogen and oxygen atoms in total. The van der Waals surface area contributed by atoms with Crippen LogP contribution in [0.1, 0.15) is 20.8 Å². The van der Waals surface area contributed by atoms with Crippen molar-refractivity contribution in [2.24, 2.45) is 0 Å². The Labute approximate surface area is 227 Å². The van der Waals surface area contributed by atoms with E-state index in [1.165, 1.54) is 0 Å². The first-order chi connectivity index (χ1) is 17.6. The Morgan fingerprint density at radius 3 is 1.37 bits per heavy atom. The lowest BCUT2D eigenvalue weighted by atomic mass is 10.2. The van der Waals surface area contributed by atoms with E-state index in [-0.39, 0.29) is 5.75 Å². The highest BCUT2D eigenvalue weighted by atomic mass is 32.3. The molecule has 0 bridgehead atoms. The smallest absolute Gasteiger partial charge is 0.428 e. The number of carbonyl (C=O) groups is 1. The summed E-state index contributed by atoms with van der Waals surface area (Å²) in [5.41, 5.74) is 1.23. The first kappa shape index (κ1) is 29.3. The molecule has 0 N–H and O–H groups in total. The average Bonchev–Trinajstić information content (AvgIpc) is 2.81. The zero-order valence-electron chi connectivity index (χ0n) is 23.1. The van der Waals surface area contributed by atoms with Gasteiger partial charge in [0, 0.05) is 54.3 Å². The van der Waals surface area contributed by atoms with Gasteiger partial charge in [-0.25, -0.2) is 8.42 Å². The molecule has 3 aromatic rings. The highest BCUT2D eigenvalue weighted by molar-refractivity contribution is 8.33. The predicted octanol–water partition coefficient (Wildman–Crippen LogP) is 6.31. The predicted molar refractivity (Wildman–Crippen MR) is 153 cm³/mol. The van der Waals surface area contributed by atoms with Gasteiger partial charge in [-0.15, -0.1) is 0 Å². The Hall–Kier alpha value is -3.21. The molecule has 0 saturated heterocycles. The zero-order valence-corrected chi connectivity index (χ0v) is 24.7. The Morgan fingerprint density at radius 1 is 0.684 bits per heavy atom. The minimum Gasteiger partial charge on any atom is -0.428 e. The Bertz CT molecular complexity index is 1290. The first-order valence-corrected chi connectivity index (χ1v) is 15.3. The zero-order chi connectivity index (χ0) is 28.3. The normalized spacial score (nSPS) is 12.5. The van der Waals surface area contributed by atoms with E-state index < -0.39 is 32.2 Å². The third-order valence-electron chi connectivity index (χ3n) is 5.34. The van der Waals surface area contributed by atoms with Crippen molar-refractivity contribution in [2.45, 2.75) is 41.1 Å². The van der Waals surface area contributed by atoms with Crippen LogP contribution in [0.5, 0.6) is 5.75 Å². The molecular formula is C28H36N2O6S2. The molecule has 3 rings (SSSR count). The van der Waals surface area contributed by atoms with Crippen molar-refractivity contribution in [3.05, 3.63) is 72.8 Å². The summed E-state index contributed by atoms with van der Waals surface area (Å²) in [5, 5.41) is 0. The fourth-order valence-electron chi connectivity index (χ4n) is 3.65. The number of nitrogens with zero attached hydrogens (tertiary/aromatic N) is 2. The molecule has 10 heteroatoms. The summed E-state index contributed by atoms with van der Waals surface area (Å²) in [4.78, 5) is 18.1. The number of carbonyl (C=O) groups excluding carboxylic acids is 1. The van der Waals surface area contributed by atoms with E-state index >= 15 is 0 Å². The summed E-state index contributed by atoms with van der Waals surface area (Å²) < 4.78 is 42.2. The summed E-state index contributed by atoms with van der Waals surface area (Å²) in [6.07, 6.45) is 0.228. The monoisotopic (exact) mass is 560 g/mol. The number of hydrogen-bond donors (Lipinski definition) is 0. The molecule has 0 fully saturated rings. The van der Waals surface area contributed by atoms with Crippen LogP contribution in [0.3, 0.4) is 0 Å². The fourth-order valence-corrected chi connectivity index (χ4v) is 8.45. The molecule has 0 amide bonds. The van der Waals surface area contributed by atoms with Gasteiger partial charge in [-0.3, -0.25) is 0 Å². The lowest BCUT2D eigenvalue weighted by molar-refractivity contribution is 0.0206. The molecular weight excluding hydrogens is 524 g/mol. The van der Waals surface area contributed by atoms with Crippen LogP contribution in [0.2, 0.25) is 0 Å². The second kappa shape index (κ2) is 11.3. The molecule has 3 aromatic carbocycles. The van der Waals surface area contributed by atoms with E-state index in [1.807, 2.05) is 86.5 Å². The third kappa shape index (κ3) is 7.21. The standard InChI is InChI=1S/C28H36N2O6S2/c1-28(2,3)35-27(31)34-23-13-19-26(20-14-23)38(36-37(8,32)33,24-15-9-21(10-16-24)29(4)5)25-17-11-22(12-18-25)30(6)7/h9-20H,1-8H3. The lowest BCUT2D eigenvalue weighted by Crippen LogP contribution is -2.25. The molecule has 0 aliphatic rings. The SMILES string of the molecule is CN(C)c1ccc(S(OS(C)(=O)=O)(c2ccc(OC(=O)OC(C)(C)C)cc2)c2ccc(N(C)C)cc2)cc1. The molecule has 0 heterocycles. The highest BCUT2D eigenvalue weighted by Gasteiger charge is 2.36. The molecule has 0 spiro atoms. The van der Waals surface area contributed by atoms with Gasteiger partial charge in [-0.05, 0) is 104 Å². The van der Waals surface area contributed by atoms with Gasteiger partial charge in [0.25, 0.3) is 10.1 Å². The third-order valence-corrected chi connectivity index (χ3v) is 9.96. The minimum absolute atomic E-state index is 0.265. The van der Waals surface area contributed by atoms with Gasteiger partial charge in [0.15, 0.2) is 0 Å². The van der Waals surface area contributed by atoms with Crippen molar-refractivity contribution in [3.8, 4) is 5.75 Å². The Morgan fingerprint density at radius 2 is 1.05 bits per heavy atom. The summed E-state index contributed by atoms with van der Waals surface area (Å²) in [7, 11) is 1.08. The summed E-state index contributed by atoms with van der Waals surface area (Å²) in [5.74, 6) is 0.265. The van der Waals surface area contributed by atoms with E-state index in [0.29, 0.717) is 14.7 Å². The van der Waals surface area contributed by atoms with Crippen LogP contribution in [-0.4, -0.2) is 54.6 Å². The number of rotatable bonds is 8. The quantitative estimate of drug-likeness (QED) is 0.234. The second-order valence-electron chi connectivity index (χ2n) is 10.1. The van der Waals surface area contributed by atoms with Crippen LogP contribution < -0.4 is 14.5 Å². The molecule has 0 aliphatic carbocycles. The fraction of sp³-hybridized carbons (Fsp3) is 0.321. The average molecular weight is 561 g/mol. The maximum atomic E-state index is 12.8. The van der Waals surface area contributed by atoms with Crippen molar-refractivity contribution in [1.82, 2.24) is 0 Å². The molecule has 0 atom stereocenters. The van der Waals surface area contributed by atoms with Crippen molar-refractivity contribution in [3.63, 3.8) is 0 Å². The largest absolute Gasteiger partial charge is 0.514 e. The molecule has 0 unspecified atom stereocenters. The maximum Gasteiger partial charge on any atom is 0.514 e. The van der Waals surface area contributed by atoms with Crippen LogP contribution in [0, 0.1) is 0 Å². The maximum absolute atomic E-state index is 12.8. The first-order valence-electron chi connectivity index (χ1n) is 11.9. The van der Waals surface area contributed by atoms with Crippen LogP contribution >= 0.6 is 10.3 Å². The highest BCUT2D eigenvalue weighted by Crippen LogP contribution is 2.70. The van der Waals surface area contributed by atoms with Gasteiger partial charge < -0.3 is 19.3 Å². The molecule has 38 heavy (non-hydrogen) atoms. The van der Waals surface area contributed by atoms with Gasteiger partial charge in [-0.2, -0.15) is 8.42 Å². The second-order valence-corrected chi connectivity index (χ2v) is 14.6. The lowest BCUT2D eigenvalue weighted by Gasteiger charge is -2.39. The van der Waals surface area contributed by atoms with Gasteiger partial charge in [-0.1, -0.05) is 0 Å². The Balaban J connectivity index is 2.19. The van der Waals surface area contributed by atoms with E-state index in [2.05, 4.69) is 0 Å². The van der Waals surface area contributed by atoms with E-state index in [0.717, 1.165) is 17.6 Å². The molecule has 0 radical (unpaired) electrons. The van der Waals surface area contributed by atoms with Crippen LogP contribution in [0.4, 0.5) is 16.2 Å². The molecule has 0 aliphatic heterocycles.